The molecule has 0 aliphatic heterocycles. The normalized spacial score (nSPS) is 13.9. The Morgan fingerprint density at radius 1 is 0.443 bits per heavy atom. The predicted octanol–water partition coefficient (Wildman–Crippen LogP) is 9.80. The van der Waals surface area contributed by atoms with Crippen LogP contribution >= 0.6 is 0 Å². The molecule has 372 valence electrons. The average Bonchev–Trinajstić information content (AvgIpc) is 3.38. The van der Waals surface area contributed by atoms with Gasteiger partial charge in [0.1, 0.15) is 23.0 Å². The molecule has 0 bridgehead atoms. The third-order valence-corrected chi connectivity index (χ3v) is 11.1. The minimum atomic E-state index is -0.641. The van der Waals surface area contributed by atoms with Gasteiger partial charge in [0.25, 0.3) is 0 Å². The second-order valence-corrected chi connectivity index (χ2v) is 16.1. The van der Waals surface area contributed by atoms with Crippen molar-refractivity contribution < 1.29 is 76.1 Å². The van der Waals surface area contributed by atoms with Crippen LogP contribution < -0.4 is 37.9 Å². The largest absolute Gasteiger partial charge is 0.494 e. The van der Waals surface area contributed by atoms with E-state index < -0.39 is 47.7 Å². The van der Waals surface area contributed by atoms with Gasteiger partial charge in [-0.05, 0) is 162 Å². The van der Waals surface area contributed by atoms with Gasteiger partial charge in [-0.1, -0.05) is 13.2 Å². The number of unbranched alkanes of at least 4 members (excludes halogenated alkanes) is 6. The zero-order valence-corrected chi connectivity index (χ0v) is 39.7. The van der Waals surface area contributed by atoms with Crippen LogP contribution in [0, 0.1) is 11.8 Å². The number of hydrogen-bond acceptors (Lipinski definition) is 16. The summed E-state index contributed by atoms with van der Waals surface area (Å²) in [5.74, 6) is -1.62. The van der Waals surface area contributed by atoms with Crippen molar-refractivity contribution >= 4 is 35.8 Å². The summed E-state index contributed by atoms with van der Waals surface area (Å²) in [6.45, 7) is 8.48. The van der Waals surface area contributed by atoms with Crippen molar-refractivity contribution in [1.82, 2.24) is 0 Å². The summed E-state index contributed by atoms with van der Waals surface area (Å²) in [4.78, 5) is 74.7. The van der Waals surface area contributed by atoms with Gasteiger partial charge in [-0.3, -0.25) is 9.59 Å². The van der Waals surface area contributed by atoms with Crippen molar-refractivity contribution in [2.24, 2.45) is 11.8 Å². The molecular weight excluding hydrogens is 905 g/mol. The highest BCUT2D eigenvalue weighted by molar-refractivity contribution is 5.93. The van der Waals surface area contributed by atoms with E-state index in [1.54, 1.807) is 48.5 Å². The van der Waals surface area contributed by atoms with Crippen LogP contribution in [0.15, 0.2) is 110 Å². The molecule has 5 rings (SSSR count). The van der Waals surface area contributed by atoms with Gasteiger partial charge in [0.2, 0.25) is 0 Å². The summed E-state index contributed by atoms with van der Waals surface area (Å²) in [6.07, 6.45) is 10.6. The third kappa shape index (κ3) is 17.5. The molecule has 0 heterocycles. The van der Waals surface area contributed by atoms with Gasteiger partial charge >= 0.3 is 35.8 Å². The highest BCUT2D eigenvalue weighted by Crippen LogP contribution is 2.36. The van der Waals surface area contributed by atoms with E-state index in [9.17, 15) is 28.8 Å². The first kappa shape index (κ1) is 53.3. The fraction of sp³-hybridized carbons (Fsp3) is 0.370. The molecule has 1 fully saturated rings. The number of carbonyl (C=O) groups is 6. The van der Waals surface area contributed by atoms with Crippen molar-refractivity contribution in [3.05, 3.63) is 121 Å². The smallest absolute Gasteiger partial charge is 0.343 e. The lowest BCUT2D eigenvalue weighted by atomic mass is 9.82. The molecule has 16 heteroatoms. The third-order valence-electron chi connectivity index (χ3n) is 11.1. The number of benzene rings is 4. The standard InChI is InChI=1S/C54H60O16/c1-5-49(55)65-33-13-9-7-11-31-63-41-21-25-43(26-22-41)67-53(59)39-19-29-45(47(35-39)61-3)69-51(57)37-15-17-38(18-16-37)52(58)70-46-30-20-40(36-48(46)62-4)54(60)68-44-27-23-42(24-28-44)64-32-12-8-10-14-34-66-50(56)6-2/h5-6,19-30,35-38H,1-2,7-18,31-34H2,3-4H3. The first-order valence-electron chi connectivity index (χ1n) is 23.3. The van der Waals surface area contributed by atoms with Crippen molar-refractivity contribution in [3.8, 4) is 46.0 Å². The van der Waals surface area contributed by atoms with Crippen LogP contribution in [0.5, 0.6) is 46.0 Å². The average molecular weight is 965 g/mol. The Balaban J connectivity index is 1.01. The maximum absolute atomic E-state index is 13.3. The summed E-state index contributed by atoms with van der Waals surface area (Å²) in [7, 11) is 2.79. The van der Waals surface area contributed by atoms with Crippen LogP contribution in [0.25, 0.3) is 0 Å². The number of hydrogen-bond donors (Lipinski definition) is 0. The van der Waals surface area contributed by atoms with Crippen molar-refractivity contribution in [3.63, 3.8) is 0 Å². The number of carbonyl (C=O) groups excluding carboxylic acids is 6. The molecule has 0 saturated heterocycles. The Hall–Kier alpha value is -7.62. The number of methoxy groups -OCH3 is 2. The van der Waals surface area contributed by atoms with Gasteiger partial charge < -0.3 is 47.4 Å². The molecule has 0 atom stereocenters. The van der Waals surface area contributed by atoms with E-state index in [1.807, 2.05) is 0 Å². The molecule has 70 heavy (non-hydrogen) atoms. The molecule has 0 unspecified atom stereocenters. The Kier molecular flexibility index (Phi) is 21.8. The van der Waals surface area contributed by atoms with Gasteiger partial charge in [0, 0.05) is 12.2 Å². The van der Waals surface area contributed by atoms with Gasteiger partial charge in [0.05, 0.1) is 63.6 Å². The lowest BCUT2D eigenvalue weighted by Gasteiger charge is -2.26. The minimum Gasteiger partial charge on any atom is -0.494 e. The molecular formula is C54H60O16. The fourth-order valence-corrected chi connectivity index (χ4v) is 7.20. The molecule has 16 nitrogen and oxygen atoms in total. The van der Waals surface area contributed by atoms with Crippen molar-refractivity contribution in [1.29, 1.82) is 0 Å². The summed E-state index contributed by atoms with van der Waals surface area (Å²) in [5.41, 5.74) is 0.357. The van der Waals surface area contributed by atoms with Crippen LogP contribution in [-0.2, 0) is 28.7 Å². The lowest BCUT2D eigenvalue weighted by Crippen LogP contribution is -2.30. The van der Waals surface area contributed by atoms with Gasteiger partial charge in [-0.15, -0.1) is 0 Å². The molecule has 0 radical (unpaired) electrons. The highest BCUT2D eigenvalue weighted by atomic mass is 16.6. The molecule has 0 N–H and O–H groups in total. The summed E-state index contributed by atoms with van der Waals surface area (Å²) in [6, 6.07) is 22.1. The molecule has 0 spiro atoms. The SMILES string of the molecule is C=CC(=O)OCCCCCCOc1ccc(OC(=O)c2ccc(OC(=O)C3CCC(C(=O)Oc4ccc(C(=O)Oc5ccc(OCCCCCCOC(=O)C=C)cc5)cc4OC)CC3)c(OC)c2)cc1. The second-order valence-electron chi connectivity index (χ2n) is 16.1. The Morgan fingerprint density at radius 2 is 0.786 bits per heavy atom. The van der Waals surface area contributed by atoms with Crippen LogP contribution in [0.1, 0.15) is 97.8 Å². The number of esters is 6. The molecule has 1 saturated carbocycles. The summed E-state index contributed by atoms with van der Waals surface area (Å²) in [5, 5.41) is 0. The molecule has 4 aromatic rings. The molecule has 1 aliphatic carbocycles. The van der Waals surface area contributed by atoms with Gasteiger partial charge in [-0.2, -0.15) is 0 Å². The van der Waals surface area contributed by atoms with Gasteiger partial charge in [-0.25, -0.2) is 19.2 Å². The Morgan fingerprint density at radius 3 is 1.13 bits per heavy atom. The van der Waals surface area contributed by atoms with E-state index in [0.29, 0.717) is 75.1 Å². The van der Waals surface area contributed by atoms with Crippen LogP contribution in [0.4, 0.5) is 0 Å². The first-order valence-corrected chi connectivity index (χ1v) is 23.3. The molecule has 0 amide bonds. The van der Waals surface area contributed by atoms with E-state index in [2.05, 4.69) is 13.2 Å². The molecule has 0 aromatic heterocycles. The van der Waals surface area contributed by atoms with E-state index in [4.69, 9.17) is 47.4 Å². The monoisotopic (exact) mass is 964 g/mol. The number of ether oxygens (including phenoxy) is 10. The fourth-order valence-electron chi connectivity index (χ4n) is 7.20. The van der Waals surface area contributed by atoms with Crippen LogP contribution in [0.3, 0.4) is 0 Å². The van der Waals surface area contributed by atoms with Crippen molar-refractivity contribution in [2.45, 2.75) is 77.0 Å². The zero-order valence-electron chi connectivity index (χ0n) is 39.7. The Bertz CT molecular complexity index is 2210. The molecule has 4 aromatic carbocycles. The maximum Gasteiger partial charge on any atom is 0.343 e. The summed E-state index contributed by atoms with van der Waals surface area (Å²) < 4.78 is 54.9. The van der Waals surface area contributed by atoms with Crippen LogP contribution in [0.2, 0.25) is 0 Å². The maximum atomic E-state index is 13.3. The van der Waals surface area contributed by atoms with E-state index in [1.165, 1.54) is 50.6 Å². The highest BCUT2D eigenvalue weighted by Gasteiger charge is 2.33. The predicted molar refractivity (Wildman–Crippen MR) is 256 cm³/mol. The zero-order chi connectivity index (χ0) is 50.1. The van der Waals surface area contributed by atoms with Gasteiger partial charge in [0.15, 0.2) is 23.0 Å². The lowest BCUT2D eigenvalue weighted by molar-refractivity contribution is -0.145. The Labute approximate surface area is 407 Å². The molecule has 1 aliphatic rings. The van der Waals surface area contributed by atoms with E-state index in [-0.39, 0.29) is 34.1 Å². The quantitative estimate of drug-likeness (QED) is 0.0226. The second kappa shape index (κ2) is 28.6. The number of rotatable bonds is 28. The van der Waals surface area contributed by atoms with Crippen molar-refractivity contribution in [2.75, 3.05) is 40.6 Å². The first-order chi connectivity index (χ1) is 34.0. The van der Waals surface area contributed by atoms with Crippen LogP contribution in [-0.4, -0.2) is 76.5 Å². The topological polar surface area (TPSA) is 195 Å². The van der Waals surface area contributed by atoms with E-state index >= 15 is 0 Å². The summed E-state index contributed by atoms with van der Waals surface area (Å²) >= 11 is 0. The minimum absolute atomic E-state index is 0.132. The van der Waals surface area contributed by atoms with E-state index in [0.717, 1.165) is 63.5 Å².